The summed E-state index contributed by atoms with van der Waals surface area (Å²) in [7, 11) is 0. The maximum Gasteiger partial charge on any atom is 0.332 e. The van der Waals surface area contributed by atoms with Gasteiger partial charge in [0.2, 0.25) is 5.91 Å². The first-order valence-electron chi connectivity index (χ1n) is 7.28. The van der Waals surface area contributed by atoms with Crippen LogP contribution in [-0.2, 0) is 20.9 Å². The van der Waals surface area contributed by atoms with E-state index in [4.69, 9.17) is 4.74 Å². The zero-order chi connectivity index (χ0) is 16.7. The highest BCUT2D eigenvalue weighted by Crippen LogP contribution is 2.18. The zero-order valence-electron chi connectivity index (χ0n) is 12.8. The van der Waals surface area contributed by atoms with Crippen LogP contribution in [0.2, 0.25) is 0 Å². The number of rotatable bonds is 6. The van der Waals surface area contributed by atoms with E-state index in [9.17, 15) is 14.7 Å². The van der Waals surface area contributed by atoms with Crippen LogP contribution >= 0.6 is 0 Å². The van der Waals surface area contributed by atoms with Crippen LogP contribution in [0.3, 0.4) is 0 Å². The highest BCUT2D eigenvalue weighted by Gasteiger charge is 2.30. The average molecular weight is 313 g/mol. The fourth-order valence-electron chi connectivity index (χ4n) is 2.15. The molecule has 0 unspecified atom stereocenters. The highest BCUT2D eigenvalue weighted by atomic mass is 16.5. The van der Waals surface area contributed by atoms with Crippen LogP contribution < -0.4 is 5.32 Å². The Kier molecular flexibility index (Phi) is 5.88. The van der Waals surface area contributed by atoms with Gasteiger partial charge in [0.1, 0.15) is 12.7 Å². The first-order valence-corrected chi connectivity index (χ1v) is 7.28. The third-order valence-corrected chi connectivity index (χ3v) is 3.29. The molecule has 0 aromatic heterocycles. The lowest BCUT2D eigenvalue weighted by atomic mass is 10.0. The number of amides is 1. The summed E-state index contributed by atoms with van der Waals surface area (Å²) in [5.74, 6) is -1.10. The lowest BCUT2D eigenvalue weighted by molar-refractivity contribution is -0.152. The van der Waals surface area contributed by atoms with Gasteiger partial charge in [0.25, 0.3) is 0 Å². The van der Waals surface area contributed by atoms with Crippen LogP contribution in [0.5, 0.6) is 0 Å². The predicted octanol–water partition coefficient (Wildman–Crippen LogP) is 1.97. The van der Waals surface area contributed by atoms with Crippen LogP contribution in [0.4, 0.5) is 0 Å². The second kappa shape index (κ2) is 8.10. The Balaban J connectivity index is 2.07. The van der Waals surface area contributed by atoms with E-state index < -0.39 is 24.0 Å². The second-order valence-corrected chi connectivity index (χ2v) is 5.13. The van der Waals surface area contributed by atoms with Gasteiger partial charge in [-0.15, -0.1) is 0 Å². The van der Waals surface area contributed by atoms with Gasteiger partial charge in [-0.05, 0) is 11.1 Å². The van der Waals surface area contributed by atoms with Crippen molar-refractivity contribution >= 4 is 11.9 Å². The standard InChI is InChI=1S/C18H19NO4/c1-13(20)19-16(17(21)15-10-6-3-7-11-15)18(22)23-12-14-8-4-2-5-9-14/h2-11,16-17,21H,12H2,1H3,(H,19,20)/t16-,17-/m0/s1. The number of carbonyl (C=O) groups excluding carboxylic acids is 2. The van der Waals surface area contributed by atoms with E-state index in [1.807, 2.05) is 30.3 Å². The SMILES string of the molecule is CC(=O)N[C@H](C(=O)OCc1ccccc1)[C@@H](O)c1ccccc1. The van der Waals surface area contributed by atoms with Crippen LogP contribution in [0.1, 0.15) is 24.2 Å². The van der Waals surface area contributed by atoms with Crippen molar-refractivity contribution in [2.75, 3.05) is 0 Å². The summed E-state index contributed by atoms with van der Waals surface area (Å²) in [5.41, 5.74) is 1.36. The molecule has 0 spiro atoms. The molecule has 0 aliphatic heterocycles. The highest BCUT2D eigenvalue weighted by molar-refractivity contribution is 5.84. The Hall–Kier alpha value is -2.66. The molecule has 2 atom stereocenters. The Morgan fingerprint density at radius 2 is 1.61 bits per heavy atom. The van der Waals surface area contributed by atoms with Gasteiger partial charge in [0.15, 0.2) is 6.04 Å². The van der Waals surface area contributed by atoms with Crippen molar-refractivity contribution in [1.29, 1.82) is 0 Å². The molecule has 0 heterocycles. The first kappa shape index (κ1) is 16.7. The molecule has 23 heavy (non-hydrogen) atoms. The molecule has 2 aromatic carbocycles. The smallest absolute Gasteiger partial charge is 0.332 e. The van der Waals surface area contributed by atoms with Crippen molar-refractivity contribution in [1.82, 2.24) is 5.32 Å². The van der Waals surface area contributed by atoms with Gasteiger partial charge in [-0.2, -0.15) is 0 Å². The molecule has 2 aromatic rings. The van der Waals surface area contributed by atoms with Gasteiger partial charge in [0.05, 0.1) is 0 Å². The molecule has 0 radical (unpaired) electrons. The molecule has 0 aliphatic carbocycles. The summed E-state index contributed by atoms with van der Waals surface area (Å²) in [6.45, 7) is 1.37. The van der Waals surface area contributed by atoms with Gasteiger partial charge >= 0.3 is 5.97 Å². The molecule has 0 aliphatic rings. The van der Waals surface area contributed by atoms with Crippen molar-refractivity contribution in [2.45, 2.75) is 25.7 Å². The number of benzene rings is 2. The van der Waals surface area contributed by atoms with E-state index in [-0.39, 0.29) is 6.61 Å². The molecule has 0 fully saturated rings. The van der Waals surface area contributed by atoms with E-state index in [1.165, 1.54) is 6.92 Å². The van der Waals surface area contributed by atoms with E-state index in [1.54, 1.807) is 30.3 Å². The molecule has 0 bridgehead atoms. The minimum Gasteiger partial charge on any atom is -0.459 e. The second-order valence-electron chi connectivity index (χ2n) is 5.13. The zero-order valence-corrected chi connectivity index (χ0v) is 12.8. The van der Waals surface area contributed by atoms with Crippen molar-refractivity contribution in [3.8, 4) is 0 Å². The number of nitrogens with one attached hydrogen (secondary N) is 1. The van der Waals surface area contributed by atoms with Gasteiger partial charge in [-0.1, -0.05) is 60.7 Å². The number of hydrogen-bond acceptors (Lipinski definition) is 4. The Morgan fingerprint density at radius 1 is 1.04 bits per heavy atom. The molecule has 0 saturated carbocycles. The fraction of sp³-hybridized carbons (Fsp3) is 0.222. The minimum absolute atomic E-state index is 0.0806. The molecule has 2 N–H and O–H groups in total. The molecular weight excluding hydrogens is 294 g/mol. The van der Waals surface area contributed by atoms with Gasteiger partial charge in [-0.3, -0.25) is 4.79 Å². The van der Waals surface area contributed by atoms with Crippen LogP contribution in [0.25, 0.3) is 0 Å². The van der Waals surface area contributed by atoms with E-state index in [0.717, 1.165) is 5.56 Å². The molecule has 0 saturated heterocycles. The average Bonchev–Trinajstić information content (AvgIpc) is 2.58. The van der Waals surface area contributed by atoms with Crippen LogP contribution in [0, 0.1) is 0 Å². The van der Waals surface area contributed by atoms with Crippen LogP contribution in [0.15, 0.2) is 60.7 Å². The molecule has 5 nitrogen and oxygen atoms in total. The molecule has 5 heteroatoms. The predicted molar refractivity (Wildman–Crippen MR) is 85.2 cm³/mol. The van der Waals surface area contributed by atoms with Crippen molar-refractivity contribution in [2.24, 2.45) is 0 Å². The fourth-order valence-corrected chi connectivity index (χ4v) is 2.15. The van der Waals surface area contributed by atoms with Crippen molar-refractivity contribution < 1.29 is 19.4 Å². The van der Waals surface area contributed by atoms with Crippen LogP contribution in [-0.4, -0.2) is 23.0 Å². The van der Waals surface area contributed by atoms with Gasteiger partial charge in [-0.25, -0.2) is 4.79 Å². The van der Waals surface area contributed by atoms with E-state index >= 15 is 0 Å². The number of aliphatic hydroxyl groups excluding tert-OH is 1. The number of ether oxygens (including phenoxy) is 1. The number of esters is 1. The van der Waals surface area contributed by atoms with E-state index in [2.05, 4.69) is 5.32 Å². The third kappa shape index (κ3) is 4.93. The summed E-state index contributed by atoms with van der Waals surface area (Å²) >= 11 is 0. The summed E-state index contributed by atoms with van der Waals surface area (Å²) in [5, 5.41) is 12.8. The minimum atomic E-state index is -1.18. The molecular formula is C18H19NO4. The summed E-state index contributed by atoms with van der Waals surface area (Å²) in [4.78, 5) is 23.6. The Morgan fingerprint density at radius 3 is 2.17 bits per heavy atom. The molecule has 120 valence electrons. The summed E-state index contributed by atoms with van der Waals surface area (Å²) in [6.07, 6.45) is -1.18. The van der Waals surface area contributed by atoms with E-state index in [0.29, 0.717) is 5.56 Å². The normalized spacial score (nSPS) is 13.0. The summed E-state index contributed by atoms with van der Waals surface area (Å²) in [6, 6.07) is 16.7. The van der Waals surface area contributed by atoms with Crippen molar-refractivity contribution in [3.63, 3.8) is 0 Å². The third-order valence-electron chi connectivity index (χ3n) is 3.29. The summed E-state index contributed by atoms with van der Waals surface area (Å²) < 4.78 is 5.22. The number of aliphatic hydroxyl groups is 1. The topological polar surface area (TPSA) is 75.6 Å². The maximum absolute atomic E-state index is 12.3. The van der Waals surface area contributed by atoms with Gasteiger partial charge in [0, 0.05) is 6.92 Å². The lowest BCUT2D eigenvalue weighted by Crippen LogP contribution is -2.45. The number of hydrogen-bond donors (Lipinski definition) is 2. The number of carbonyl (C=O) groups is 2. The monoisotopic (exact) mass is 313 g/mol. The largest absolute Gasteiger partial charge is 0.459 e. The molecule has 1 amide bonds. The quantitative estimate of drug-likeness (QED) is 0.800. The van der Waals surface area contributed by atoms with Crippen molar-refractivity contribution in [3.05, 3.63) is 71.8 Å². The lowest BCUT2D eigenvalue weighted by Gasteiger charge is -2.22. The first-order chi connectivity index (χ1) is 11.1. The Bertz CT molecular complexity index is 643. The van der Waals surface area contributed by atoms with Gasteiger partial charge < -0.3 is 15.2 Å². The maximum atomic E-state index is 12.3. The molecule has 2 rings (SSSR count). The Labute approximate surface area is 134 Å².